The molecule has 0 atom stereocenters. The van der Waals surface area contributed by atoms with Crippen LogP contribution in [0.5, 0.6) is 11.6 Å². The Labute approximate surface area is 178 Å². The summed E-state index contributed by atoms with van der Waals surface area (Å²) >= 11 is 5.76. The number of rotatable bonds is 5. The van der Waals surface area contributed by atoms with Gasteiger partial charge in [0.05, 0.1) is 17.7 Å². The molecule has 0 saturated carbocycles. The first kappa shape index (κ1) is 21.5. The Balaban J connectivity index is 2.29. The minimum absolute atomic E-state index is 0.0811. The first-order chi connectivity index (χ1) is 14.8. The van der Waals surface area contributed by atoms with Crippen LogP contribution in [-0.2, 0) is 4.74 Å². The van der Waals surface area contributed by atoms with Crippen molar-refractivity contribution in [3.63, 3.8) is 0 Å². The number of nitro groups is 1. The summed E-state index contributed by atoms with van der Waals surface area (Å²) in [6.45, 7) is 0. The van der Waals surface area contributed by atoms with Gasteiger partial charge in [-0.2, -0.15) is 0 Å². The molecule has 0 amide bonds. The van der Waals surface area contributed by atoms with Gasteiger partial charge in [0.1, 0.15) is 0 Å². The van der Waals surface area contributed by atoms with Crippen LogP contribution in [0.3, 0.4) is 0 Å². The monoisotopic (exact) mass is 444 g/mol. The third-order valence-electron chi connectivity index (χ3n) is 4.10. The topological polar surface area (TPSA) is 157 Å². The van der Waals surface area contributed by atoms with Crippen molar-refractivity contribution in [1.82, 2.24) is 4.57 Å². The van der Waals surface area contributed by atoms with Crippen molar-refractivity contribution in [2.24, 2.45) is 10.2 Å². The van der Waals surface area contributed by atoms with E-state index in [2.05, 4.69) is 15.0 Å². The molecule has 31 heavy (non-hydrogen) atoms. The molecule has 0 unspecified atom stereocenters. The van der Waals surface area contributed by atoms with E-state index in [9.17, 15) is 29.9 Å². The summed E-state index contributed by atoms with van der Waals surface area (Å²) in [4.78, 5) is 35.5. The van der Waals surface area contributed by atoms with Gasteiger partial charge in [-0.1, -0.05) is 29.8 Å². The molecule has 158 valence electrons. The van der Waals surface area contributed by atoms with Crippen molar-refractivity contribution >= 4 is 34.6 Å². The second-order valence-electron chi connectivity index (χ2n) is 5.95. The average Bonchev–Trinajstić information content (AvgIpc) is 2.74. The molecule has 0 aliphatic carbocycles. The van der Waals surface area contributed by atoms with E-state index in [-0.39, 0.29) is 16.4 Å². The molecule has 0 radical (unpaired) electrons. The van der Waals surface area contributed by atoms with Crippen LogP contribution < -0.4 is 5.56 Å². The largest absolute Gasteiger partial charge is 0.504 e. The van der Waals surface area contributed by atoms with Crippen LogP contribution in [0.2, 0.25) is 5.02 Å². The predicted octanol–water partition coefficient (Wildman–Crippen LogP) is 4.01. The summed E-state index contributed by atoms with van der Waals surface area (Å²) in [5.74, 6) is -3.02. The summed E-state index contributed by atoms with van der Waals surface area (Å²) in [6.07, 6.45) is 0. The molecule has 0 aliphatic heterocycles. The summed E-state index contributed by atoms with van der Waals surface area (Å²) < 4.78 is 5.28. The van der Waals surface area contributed by atoms with E-state index in [4.69, 9.17) is 11.6 Å². The molecule has 3 aromatic rings. The van der Waals surface area contributed by atoms with Gasteiger partial charge >= 0.3 is 5.97 Å². The molecule has 3 rings (SSSR count). The van der Waals surface area contributed by atoms with Gasteiger partial charge in [0.15, 0.2) is 22.7 Å². The summed E-state index contributed by atoms with van der Waals surface area (Å²) in [6, 6.07) is 11.3. The smallest absolute Gasteiger partial charge is 0.347 e. The Morgan fingerprint density at radius 1 is 1.16 bits per heavy atom. The third-order valence-corrected chi connectivity index (χ3v) is 4.33. The lowest BCUT2D eigenvalue weighted by Gasteiger charge is -2.14. The number of aromatic nitrogens is 1. The SMILES string of the molecule is COC(=O)c1c(O)c(N=Nc2ccc(Cl)cc2[N+](=O)[O-])c(=O)n(-c2ccccc2)c1O. The fraction of sp³-hybridized carbons (Fsp3) is 0.0526. The van der Waals surface area contributed by atoms with Crippen molar-refractivity contribution in [2.75, 3.05) is 7.11 Å². The van der Waals surface area contributed by atoms with Crippen LogP contribution in [-0.4, -0.2) is 32.8 Å². The Bertz CT molecular complexity index is 1270. The zero-order valence-corrected chi connectivity index (χ0v) is 16.5. The van der Waals surface area contributed by atoms with Crippen LogP contribution in [0.15, 0.2) is 63.6 Å². The van der Waals surface area contributed by atoms with Crippen molar-refractivity contribution in [3.05, 3.63) is 79.6 Å². The number of esters is 1. The van der Waals surface area contributed by atoms with Gasteiger partial charge in [-0.25, -0.2) is 9.36 Å². The molecule has 11 nitrogen and oxygen atoms in total. The second-order valence-corrected chi connectivity index (χ2v) is 6.39. The van der Waals surface area contributed by atoms with E-state index >= 15 is 0 Å². The zero-order chi connectivity index (χ0) is 22.7. The van der Waals surface area contributed by atoms with Gasteiger partial charge in [-0.3, -0.25) is 14.9 Å². The summed E-state index contributed by atoms with van der Waals surface area (Å²) in [7, 11) is 1.01. The van der Waals surface area contributed by atoms with Crippen LogP contribution in [0, 0.1) is 10.1 Å². The number of ether oxygens (including phenoxy) is 1. The van der Waals surface area contributed by atoms with Crippen LogP contribution >= 0.6 is 11.6 Å². The number of pyridine rings is 1. The highest BCUT2D eigenvalue weighted by atomic mass is 35.5. The molecule has 2 aromatic carbocycles. The molecule has 0 saturated heterocycles. The lowest BCUT2D eigenvalue weighted by molar-refractivity contribution is -0.384. The number of para-hydroxylation sites is 1. The maximum absolute atomic E-state index is 13.0. The van der Waals surface area contributed by atoms with E-state index in [1.165, 1.54) is 24.3 Å². The maximum Gasteiger partial charge on any atom is 0.347 e. The van der Waals surface area contributed by atoms with Gasteiger partial charge in [-0.15, -0.1) is 10.2 Å². The highest BCUT2D eigenvalue weighted by molar-refractivity contribution is 6.30. The summed E-state index contributed by atoms with van der Waals surface area (Å²) in [5.41, 5.74) is -3.10. The highest BCUT2D eigenvalue weighted by Crippen LogP contribution is 2.37. The number of hydrogen-bond donors (Lipinski definition) is 2. The lowest BCUT2D eigenvalue weighted by Crippen LogP contribution is -2.21. The van der Waals surface area contributed by atoms with Crippen molar-refractivity contribution in [3.8, 4) is 17.3 Å². The molecular weight excluding hydrogens is 432 g/mol. The standard InChI is InChI=1S/C19H13ClN4O7/c1-31-19(28)14-16(25)15(18(27)23(17(14)26)11-5-3-2-4-6-11)22-21-12-8-7-10(20)9-13(12)24(29)30/h2-9,25-26H,1H3. The number of carbonyl (C=O) groups excluding carboxylic acids is 1. The number of halogens is 1. The molecule has 12 heteroatoms. The van der Waals surface area contributed by atoms with E-state index in [1.54, 1.807) is 18.2 Å². The number of nitrogens with zero attached hydrogens (tertiary/aromatic N) is 4. The number of methoxy groups -OCH3 is 1. The van der Waals surface area contributed by atoms with E-state index in [0.717, 1.165) is 17.7 Å². The van der Waals surface area contributed by atoms with E-state index < -0.39 is 45.0 Å². The Hall–Kier alpha value is -4.25. The number of hydrogen-bond acceptors (Lipinski definition) is 9. The molecule has 1 aromatic heterocycles. The Morgan fingerprint density at radius 3 is 2.45 bits per heavy atom. The molecule has 0 spiro atoms. The third kappa shape index (κ3) is 4.07. The summed E-state index contributed by atoms with van der Waals surface area (Å²) in [5, 5.41) is 39.5. The zero-order valence-electron chi connectivity index (χ0n) is 15.7. The number of azo groups is 1. The van der Waals surface area contributed by atoms with Crippen molar-refractivity contribution in [2.45, 2.75) is 0 Å². The van der Waals surface area contributed by atoms with Gasteiger partial charge in [-0.05, 0) is 24.3 Å². The fourth-order valence-corrected chi connectivity index (χ4v) is 2.83. The number of nitro benzene ring substituents is 1. The van der Waals surface area contributed by atoms with Crippen LogP contribution in [0.4, 0.5) is 17.1 Å². The average molecular weight is 445 g/mol. The highest BCUT2D eigenvalue weighted by Gasteiger charge is 2.28. The molecule has 0 bridgehead atoms. The fourth-order valence-electron chi connectivity index (χ4n) is 2.67. The first-order valence-electron chi connectivity index (χ1n) is 8.46. The Kier molecular flexibility index (Phi) is 5.97. The maximum atomic E-state index is 13.0. The quantitative estimate of drug-likeness (QED) is 0.260. The molecule has 0 aliphatic rings. The Morgan fingerprint density at radius 2 is 1.84 bits per heavy atom. The van der Waals surface area contributed by atoms with Gasteiger partial charge < -0.3 is 14.9 Å². The molecule has 2 N–H and O–H groups in total. The molecule has 1 heterocycles. The van der Waals surface area contributed by atoms with Gasteiger partial charge in [0.2, 0.25) is 5.88 Å². The first-order valence-corrected chi connectivity index (χ1v) is 8.84. The molecular formula is C19H13ClN4O7. The minimum Gasteiger partial charge on any atom is -0.504 e. The van der Waals surface area contributed by atoms with Gasteiger partial charge in [0.25, 0.3) is 11.2 Å². The van der Waals surface area contributed by atoms with Crippen LogP contribution in [0.25, 0.3) is 5.69 Å². The minimum atomic E-state index is -1.14. The van der Waals surface area contributed by atoms with Crippen molar-refractivity contribution < 1.29 is 24.7 Å². The van der Waals surface area contributed by atoms with Crippen LogP contribution in [0.1, 0.15) is 10.4 Å². The van der Waals surface area contributed by atoms with E-state index in [0.29, 0.717) is 0 Å². The van der Waals surface area contributed by atoms with Crippen molar-refractivity contribution in [1.29, 1.82) is 0 Å². The van der Waals surface area contributed by atoms with Gasteiger partial charge in [0, 0.05) is 11.1 Å². The normalized spacial score (nSPS) is 10.9. The predicted molar refractivity (Wildman–Crippen MR) is 109 cm³/mol. The van der Waals surface area contributed by atoms with E-state index in [1.807, 2.05) is 0 Å². The second kappa shape index (κ2) is 8.63. The molecule has 0 fully saturated rings. The number of aromatic hydroxyl groups is 2. The number of benzene rings is 2. The lowest BCUT2D eigenvalue weighted by atomic mass is 10.2. The number of carbonyl (C=O) groups is 1.